The van der Waals surface area contributed by atoms with Crippen molar-refractivity contribution in [1.82, 2.24) is 0 Å². The molecule has 2 nitrogen and oxygen atoms in total. The van der Waals surface area contributed by atoms with Crippen LogP contribution in [0.4, 0.5) is 34.1 Å². The number of aryl methyl sites for hydroxylation is 1. The Bertz CT molecular complexity index is 2030. The molecule has 0 atom stereocenters. The molecule has 0 aromatic heterocycles. The molecular weight excluding hydrogens is 592 g/mol. The molecule has 0 saturated heterocycles. The molecule has 0 aliphatic heterocycles. The van der Waals surface area contributed by atoms with Gasteiger partial charge in [0, 0.05) is 22.7 Å². The van der Waals surface area contributed by atoms with Gasteiger partial charge in [-0.2, -0.15) is 0 Å². The lowest BCUT2D eigenvalue weighted by Gasteiger charge is -2.32. The Morgan fingerprint density at radius 2 is 0.979 bits per heavy atom. The quantitative estimate of drug-likeness (QED) is 0.166. The first-order valence-corrected chi connectivity index (χ1v) is 16.3. The van der Waals surface area contributed by atoms with E-state index in [0.29, 0.717) is 5.02 Å². The van der Waals surface area contributed by atoms with Crippen LogP contribution in [0, 0.1) is 6.92 Å². The predicted molar refractivity (Wildman–Crippen MR) is 202 cm³/mol. The third-order valence-corrected chi connectivity index (χ3v) is 8.69. The highest BCUT2D eigenvalue weighted by atomic mass is 35.5. The molecule has 0 N–H and O–H groups in total. The molecule has 1 aliphatic rings. The lowest BCUT2D eigenvalue weighted by molar-refractivity contribution is 1.23. The summed E-state index contributed by atoms with van der Waals surface area (Å²) < 4.78 is 0. The third kappa shape index (κ3) is 6.56. The molecule has 0 saturated carbocycles. The van der Waals surface area contributed by atoms with Crippen molar-refractivity contribution in [2.75, 3.05) is 9.80 Å². The molecule has 0 heterocycles. The zero-order valence-corrected chi connectivity index (χ0v) is 27.1. The zero-order valence-electron chi connectivity index (χ0n) is 26.3. The average Bonchev–Trinajstić information content (AvgIpc) is 3.42. The second kappa shape index (κ2) is 13.8. The van der Waals surface area contributed by atoms with Crippen molar-refractivity contribution >= 4 is 51.3 Å². The maximum absolute atomic E-state index is 7.62. The van der Waals surface area contributed by atoms with Crippen LogP contribution < -0.4 is 9.80 Å². The van der Waals surface area contributed by atoms with E-state index in [1.54, 1.807) is 0 Å². The largest absolute Gasteiger partial charge is 0.309 e. The van der Waals surface area contributed by atoms with Gasteiger partial charge in [-0.25, -0.2) is 0 Å². The number of rotatable bonds is 8. The second-order valence-electron chi connectivity index (χ2n) is 11.6. The van der Waals surface area contributed by atoms with Gasteiger partial charge in [0.05, 0.1) is 16.4 Å². The molecule has 3 heteroatoms. The molecule has 0 unspecified atom stereocenters. The van der Waals surface area contributed by atoms with Crippen LogP contribution in [0.15, 0.2) is 182 Å². The smallest absolute Gasteiger partial charge is 0.0887 e. The number of hydrogen-bond acceptors (Lipinski definition) is 2. The standard InChI is InChI=1S/C44H35ClN2/c1-33-28-42(46(38-22-12-5-13-23-38)39-24-14-6-15-25-39)44(45)43(29-33)47(40-26-16-7-17-27-40)41-31-36(34-18-8-2-3-9-19-34)30-37(32-41)35-20-10-4-11-21-35/h2,4-32H,3H2,1H3. The number of nitrogens with zero attached hydrogens (tertiary/aromatic N) is 2. The van der Waals surface area contributed by atoms with E-state index in [0.717, 1.165) is 62.8 Å². The highest BCUT2D eigenvalue weighted by Crippen LogP contribution is 2.48. The second-order valence-corrected chi connectivity index (χ2v) is 12.0. The van der Waals surface area contributed by atoms with Gasteiger partial charge < -0.3 is 9.80 Å². The van der Waals surface area contributed by atoms with E-state index in [4.69, 9.17) is 11.6 Å². The highest BCUT2D eigenvalue weighted by Gasteiger charge is 2.24. The minimum absolute atomic E-state index is 0.662. The Labute approximate surface area is 282 Å². The lowest BCUT2D eigenvalue weighted by atomic mass is 9.96. The molecule has 0 spiro atoms. The molecule has 1 aliphatic carbocycles. The summed E-state index contributed by atoms with van der Waals surface area (Å²) in [6.07, 6.45) is 11.9. The van der Waals surface area contributed by atoms with Gasteiger partial charge in [-0.15, -0.1) is 0 Å². The fraction of sp³-hybridized carbons (Fsp3) is 0.0455. The van der Waals surface area contributed by atoms with Crippen molar-refractivity contribution < 1.29 is 0 Å². The predicted octanol–water partition coefficient (Wildman–Crippen LogP) is 13.2. The van der Waals surface area contributed by atoms with Crippen LogP contribution >= 0.6 is 11.6 Å². The van der Waals surface area contributed by atoms with E-state index in [9.17, 15) is 0 Å². The van der Waals surface area contributed by atoms with Crippen LogP contribution in [0.5, 0.6) is 0 Å². The number of benzene rings is 6. The molecule has 6 aromatic rings. The number of hydrogen-bond donors (Lipinski definition) is 0. The summed E-state index contributed by atoms with van der Waals surface area (Å²) >= 11 is 7.62. The van der Waals surface area contributed by atoms with E-state index in [1.165, 1.54) is 5.57 Å². The summed E-state index contributed by atoms with van der Waals surface area (Å²) in [6.45, 7) is 2.14. The first-order valence-electron chi connectivity index (χ1n) is 16.0. The summed E-state index contributed by atoms with van der Waals surface area (Å²) in [7, 11) is 0. The van der Waals surface area contributed by atoms with Crippen LogP contribution in [-0.2, 0) is 0 Å². The number of para-hydroxylation sites is 3. The Hall–Kier alpha value is -5.57. The van der Waals surface area contributed by atoms with Gasteiger partial charge in [-0.05, 0) is 108 Å². The highest BCUT2D eigenvalue weighted by molar-refractivity contribution is 6.36. The maximum atomic E-state index is 7.62. The Morgan fingerprint density at radius 3 is 1.53 bits per heavy atom. The molecule has 7 rings (SSSR count). The van der Waals surface area contributed by atoms with E-state index in [2.05, 4.69) is 187 Å². The summed E-state index contributed by atoms with van der Waals surface area (Å²) in [6, 6.07) is 53.1. The molecule has 0 radical (unpaired) electrons. The topological polar surface area (TPSA) is 6.48 Å². The van der Waals surface area contributed by atoms with Crippen LogP contribution in [-0.4, -0.2) is 0 Å². The van der Waals surface area contributed by atoms with Gasteiger partial charge in [0.25, 0.3) is 0 Å². The molecular formula is C44H35ClN2. The maximum Gasteiger partial charge on any atom is 0.0887 e. The molecule has 6 aromatic carbocycles. The molecule has 228 valence electrons. The van der Waals surface area contributed by atoms with E-state index in [1.807, 2.05) is 12.1 Å². The van der Waals surface area contributed by atoms with Crippen molar-refractivity contribution in [2.24, 2.45) is 0 Å². The van der Waals surface area contributed by atoms with Crippen LogP contribution in [0.2, 0.25) is 5.02 Å². The monoisotopic (exact) mass is 626 g/mol. The molecule has 0 amide bonds. The van der Waals surface area contributed by atoms with E-state index in [-0.39, 0.29) is 0 Å². The zero-order chi connectivity index (χ0) is 32.0. The fourth-order valence-corrected chi connectivity index (χ4v) is 6.40. The van der Waals surface area contributed by atoms with Gasteiger partial charge in [0.1, 0.15) is 0 Å². The molecule has 0 fully saturated rings. The Morgan fingerprint density at radius 1 is 0.489 bits per heavy atom. The fourth-order valence-electron chi connectivity index (χ4n) is 6.12. The SMILES string of the molecule is Cc1cc(N(c2ccccc2)c2ccccc2)c(Cl)c(N(c2ccccc2)c2cc(C3=CC=CCC=C3)cc(-c3ccccc3)c2)c1. The van der Waals surface area contributed by atoms with Crippen LogP contribution in [0.25, 0.3) is 16.7 Å². The minimum Gasteiger partial charge on any atom is -0.309 e. The van der Waals surface area contributed by atoms with Crippen LogP contribution in [0.1, 0.15) is 17.5 Å². The van der Waals surface area contributed by atoms with Crippen LogP contribution in [0.3, 0.4) is 0 Å². The molecule has 0 bridgehead atoms. The number of anilines is 6. The van der Waals surface area contributed by atoms with Crippen molar-refractivity contribution in [2.45, 2.75) is 13.3 Å². The van der Waals surface area contributed by atoms with Gasteiger partial charge in [-0.1, -0.05) is 127 Å². The Kier molecular flexibility index (Phi) is 8.85. The van der Waals surface area contributed by atoms with Crippen molar-refractivity contribution in [3.63, 3.8) is 0 Å². The van der Waals surface area contributed by atoms with E-state index >= 15 is 0 Å². The summed E-state index contributed by atoms with van der Waals surface area (Å²) in [5, 5.41) is 0.662. The summed E-state index contributed by atoms with van der Waals surface area (Å²) in [5.74, 6) is 0. The number of halogens is 1. The number of allylic oxidation sites excluding steroid dienone is 6. The van der Waals surface area contributed by atoms with Crippen molar-refractivity contribution in [3.8, 4) is 11.1 Å². The van der Waals surface area contributed by atoms with Gasteiger partial charge >= 0.3 is 0 Å². The third-order valence-electron chi connectivity index (χ3n) is 8.30. The van der Waals surface area contributed by atoms with Gasteiger partial charge in [0.15, 0.2) is 0 Å². The van der Waals surface area contributed by atoms with Gasteiger partial charge in [-0.3, -0.25) is 0 Å². The van der Waals surface area contributed by atoms with Gasteiger partial charge in [0.2, 0.25) is 0 Å². The van der Waals surface area contributed by atoms with Crippen molar-refractivity contribution in [1.29, 1.82) is 0 Å². The normalized spacial score (nSPS) is 12.3. The summed E-state index contributed by atoms with van der Waals surface area (Å²) in [5.41, 5.74) is 11.7. The minimum atomic E-state index is 0.662. The molecule has 47 heavy (non-hydrogen) atoms. The average molecular weight is 627 g/mol. The van der Waals surface area contributed by atoms with E-state index < -0.39 is 0 Å². The lowest BCUT2D eigenvalue weighted by Crippen LogP contribution is -2.15. The first kappa shape index (κ1) is 30.1. The first-order chi connectivity index (χ1) is 23.2. The summed E-state index contributed by atoms with van der Waals surface area (Å²) in [4.78, 5) is 4.53. The van der Waals surface area contributed by atoms with Crippen molar-refractivity contribution in [3.05, 3.63) is 198 Å². The Balaban J connectivity index is 1.48.